The van der Waals surface area contributed by atoms with Crippen LogP contribution in [0.5, 0.6) is 5.75 Å². The van der Waals surface area contributed by atoms with E-state index in [1.165, 1.54) is 11.1 Å². The summed E-state index contributed by atoms with van der Waals surface area (Å²) in [5.74, 6) is 0.866. The molecule has 0 unspecified atom stereocenters. The summed E-state index contributed by atoms with van der Waals surface area (Å²) in [6, 6.07) is 8.40. The number of aliphatic hydroxyl groups excluding tert-OH is 1. The Morgan fingerprint density at radius 2 is 2.03 bits per heavy atom. The fourth-order valence-electron chi connectivity index (χ4n) is 4.85. The van der Waals surface area contributed by atoms with Crippen LogP contribution in [0, 0.1) is 13.8 Å². The van der Waals surface area contributed by atoms with E-state index < -0.39 is 0 Å². The van der Waals surface area contributed by atoms with Crippen LogP contribution in [-0.2, 0) is 0 Å². The highest BCUT2D eigenvalue weighted by molar-refractivity contribution is 6.29. The molecule has 2 saturated heterocycles. The third-order valence-corrected chi connectivity index (χ3v) is 6.82. The Morgan fingerprint density at radius 1 is 1.23 bits per heavy atom. The number of hydrogen-bond donors (Lipinski definition) is 1. The molecule has 2 fully saturated rings. The Morgan fingerprint density at radius 3 is 2.67 bits per heavy atom. The lowest BCUT2D eigenvalue weighted by Crippen LogP contribution is -2.49. The molecule has 2 aliphatic rings. The first kappa shape index (κ1) is 21.1. The topological polar surface area (TPSA) is 65.9 Å². The second-order valence-electron chi connectivity index (χ2n) is 8.22. The zero-order valence-corrected chi connectivity index (χ0v) is 18.4. The smallest absolute Gasteiger partial charge is 0.255 e. The quantitative estimate of drug-likeness (QED) is 0.713. The molecule has 0 spiro atoms. The summed E-state index contributed by atoms with van der Waals surface area (Å²) in [6.45, 7) is 8.37. The molecule has 2 aliphatic heterocycles. The van der Waals surface area contributed by atoms with E-state index >= 15 is 0 Å². The predicted molar refractivity (Wildman–Crippen MR) is 116 cm³/mol. The van der Waals surface area contributed by atoms with Crippen LogP contribution in [0.3, 0.4) is 0 Å². The molecule has 2 bridgehead atoms. The van der Waals surface area contributed by atoms with Crippen molar-refractivity contribution in [2.45, 2.75) is 45.3 Å². The third-order valence-electron chi connectivity index (χ3n) is 6.59. The van der Waals surface area contributed by atoms with Crippen LogP contribution in [0.4, 0.5) is 0 Å². The summed E-state index contributed by atoms with van der Waals surface area (Å²) in [5, 5.41) is 9.41. The molecule has 6 nitrogen and oxygen atoms in total. The molecule has 3 atom stereocenters. The van der Waals surface area contributed by atoms with E-state index in [0.717, 1.165) is 30.8 Å². The van der Waals surface area contributed by atoms with Crippen LogP contribution < -0.4 is 4.74 Å². The fourth-order valence-corrected chi connectivity index (χ4v) is 4.96. The lowest BCUT2D eigenvalue weighted by molar-refractivity contribution is 0.0568. The molecule has 0 aliphatic carbocycles. The van der Waals surface area contributed by atoms with Gasteiger partial charge in [-0.2, -0.15) is 0 Å². The largest absolute Gasteiger partial charge is 0.491 e. The third kappa shape index (κ3) is 3.80. The molecule has 0 saturated carbocycles. The average molecular weight is 430 g/mol. The highest BCUT2D eigenvalue weighted by Crippen LogP contribution is 2.39. The number of rotatable bonds is 6. The van der Waals surface area contributed by atoms with Gasteiger partial charge < -0.3 is 14.7 Å². The molecule has 1 aromatic heterocycles. The maximum Gasteiger partial charge on any atom is 0.255 e. The van der Waals surface area contributed by atoms with Gasteiger partial charge in [0.15, 0.2) is 0 Å². The number of benzene rings is 1. The van der Waals surface area contributed by atoms with E-state index in [-0.39, 0.29) is 24.6 Å². The number of piperazine rings is 1. The van der Waals surface area contributed by atoms with E-state index in [1.807, 2.05) is 11.0 Å². The Labute approximate surface area is 182 Å². The first-order valence-electron chi connectivity index (χ1n) is 10.4. The number of aromatic nitrogens is 1. The maximum atomic E-state index is 12.9. The zero-order chi connectivity index (χ0) is 21.4. The van der Waals surface area contributed by atoms with Crippen LogP contribution in [0.25, 0.3) is 0 Å². The first-order chi connectivity index (χ1) is 14.4. The summed E-state index contributed by atoms with van der Waals surface area (Å²) in [7, 11) is 0. The lowest BCUT2D eigenvalue weighted by Gasteiger charge is -2.38. The van der Waals surface area contributed by atoms with Gasteiger partial charge in [0.05, 0.1) is 12.2 Å². The summed E-state index contributed by atoms with van der Waals surface area (Å²) in [4.78, 5) is 21.5. The second kappa shape index (κ2) is 8.53. The molecule has 1 aromatic carbocycles. The number of hydrogen-bond acceptors (Lipinski definition) is 5. The predicted octanol–water partition coefficient (Wildman–Crippen LogP) is 3.38. The van der Waals surface area contributed by atoms with Crippen molar-refractivity contribution in [2.24, 2.45) is 0 Å². The van der Waals surface area contributed by atoms with Gasteiger partial charge in [-0.3, -0.25) is 9.69 Å². The van der Waals surface area contributed by atoms with Gasteiger partial charge in [-0.05, 0) is 62.1 Å². The number of pyridine rings is 1. The van der Waals surface area contributed by atoms with Gasteiger partial charge in [-0.15, -0.1) is 0 Å². The fraction of sp³-hybridized carbons (Fsp3) is 0.478. The van der Waals surface area contributed by atoms with E-state index in [9.17, 15) is 4.79 Å². The summed E-state index contributed by atoms with van der Waals surface area (Å²) >= 11 is 5.85. The van der Waals surface area contributed by atoms with Crippen molar-refractivity contribution in [3.63, 3.8) is 0 Å². The van der Waals surface area contributed by atoms with Crippen molar-refractivity contribution in [3.8, 4) is 5.75 Å². The number of carbonyl (C=O) groups is 1. The van der Waals surface area contributed by atoms with Crippen molar-refractivity contribution in [2.75, 3.05) is 26.3 Å². The molecule has 4 rings (SSSR count). The zero-order valence-electron chi connectivity index (χ0n) is 17.6. The number of ether oxygens (including phenoxy) is 1. The molecule has 1 amide bonds. The Bertz CT molecular complexity index is 934. The van der Waals surface area contributed by atoms with Crippen LogP contribution in [0.2, 0.25) is 5.15 Å². The van der Waals surface area contributed by atoms with Crippen molar-refractivity contribution in [1.82, 2.24) is 14.8 Å². The number of nitrogens with zero attached hydrogens (tertiary/aromatic N) is 3. The maximum absolute atomic E-state index is 12.9. The molecule has 1 N–H and O–H groups in total. The Balaban J connectivity index is 1.46. The molecular formula is C23H28ClN3O3. The standard InChI is InChI=1S/C23H28ClN3O3/c1-14-15(2)21(30-9-8-28)6-5-20(14)16(3)26-12-19-10-18(26)13-27(19)23(29)17-4-7-22(24)25-11-17/h4-7,11,16,18-19,28H,8-10,12-13H2,1-3H3/t16-,18-,19-/m0/s1. The second-order valence-corrected chi connectivity index (χ2v) is 8.61. The number of halogens is 1. The van der Waals surface area contributed by atoms with Gasteiger partial charge in [-0.1, -0.05) is 17.7 Å². The van der Waals surface area contributed by atoms with Crippen molar-refractivity contribution in [3.05, 3.63) is 57.9 Å². The Kier molecular flexibility index (Phi) is 6.00. The van der Waals surface area contributed by atoms with Crippen LogP contribution in [0.15, 0.2) is 30.5 Å². The minimum atomic E-state index is 0.00872. The van der Waals surface area contributed by atoms with Gasteiger partial charge in [0, 0.05) is 37.4 Å². The molecule has 160 valence electrons. The normalized spacial score (nSPS) is 21.8. The van der Waals surface area contributed by atoms with Gasteiger partial charge in [0.1, 0.15) is 17.5 Å². The van der Waals surface area contributed by atoms with Gasteiger partial charge >= 0.3 is 0 Å². The summed E-state index contributed by atoms with van der Waals surface area (Å²) in [6.07, 6.45) is 2.57. The van der Waals surface area contributed by atoms with Crippen molar-refractivity contribution >= 4 is 17.5 Å². The summed E-state index contributed by atoms with van der Waals surface area (Å²) in [5.41, 5.74) is 4.22. The van der Waals surface area contributed by atoms with Crippen LogP contribution >= 0.6 is 11.6 Å². The SMILES string of the molecule is Cc1c(OCCO)ccc([C@H](C)N2C[C@@H]3C[C@H]2CN3C(=O)c2ccc(Cl)nc2)c1C. The number of fused-ring (bicyclic) bond motifs is 2. The van der Waals surface area contributed by atoms with Gasteiger partial charge in [-0.25, -0.2) is 4.98 Å². The highest BCUT2D eigenvalue weighted by atomic mass is 35.5. The first-order valence-corrected chi connectivity index (χ1v) is 10.8. The number of likely N-dealkylation sites (tertiary alicyclic amines) is 2. The number of amides is 1. The number of carbonyl (C=O) groups excluding carboxylic acids is 1. The molecular weight excluding hydrogens is 402 g/mol. The van der Waals surface area contributed by atoms with Crippen molar-refractivity contribution in [1.29, 1.82) is 0 Å². The Hall–Kier alpha value is -2.15. The van der Waals surface area contributed by atoms with Gasteiger partial charge in [0.25, 0.3) is 5.91 Å². The minimum absolute atomic E-state index is 0.00872. The molecule has 30 heavy (non-hydrogen) atoms. The van der Waals surface area contributed by atoms with E-state index in [0.29, 0.717) is 23.4 Å². The van der Waals surface area contributed by atoms with E-state index in [4.69, 9.17) is 21.4 Å². The van der Waals surface area contributed by atoms with Crippen molar-refractivity contribution < 1.29 is 14.6 Å². The van der Waals surface area contributed by atoms with E-state index in [1.54, 1.807) is 18.3 Å². The molecule has 0 radical (unpaired) electrons. The molecule has 7 heteroatoms. The molecule has 3 heterocycles. The number of aliphatic hydroxyl groups is 1. The minimum Gasteiger partial charge on any atom is -0.491 e. The lowest BCUT2D eigenvalue weighted by atomic mass is 9.96. The van der Waals surface area contributed by atoms with Crippen LogP contribution in [-0.4, -0.2) is 64.2 Å². The molecule has 2 aromatic rings. The average Bonchev–Trinajstić information content (AvgIpc) is 3.35. The summed E-state index contributed by atoms with van der Waals surface area (Å²) < 4.78 is 5.65. The van der Waals surface area contributed by atoms with E-state index in [2.05, 4.69) is 36.7 Å². The van der Waals surface area contributed by atoms with Crippen LogP contribution in [0.1, 0.15) is 46.4 Å². The van der Waals surface area contributed by atoms with Gasteiger partial charge in [0.2, 0.25) is 0 Å². The highest BCUT2D eigenvalue weighted by Gasteiger charge is 2.47. The monoisotopic (exact) mass is 429 g/mol.